The van der Waals surface area contributed by atoms with Gasteiger partial charge in [-0.2, -0.15) is 5.26 Å². The molecule has 38 heavy (non-hydrogen) atoms. The van der Waals surface area contributed by atoms with Gasteiger partial charge in [0.05, 0.1) is 18.2 Å². The highest BCUT2D eigenvalue weighted by Gasteiger charge is 2.43. The van der Waals surface area contributed by atoms with E-state index in [1.165, 1.54) is 34.8 Å². The molecule has 190 valence electrons. The number of fused-ring (bicyclic) bond motifs is 2. The molecule has 4 heteroatoms. The van der Waals surface area contributed by atoms with Gasteiger partial charge in [-0.15, -0.1) is 0 Å². The number of esters is 1. The molecule has 0 bridgehead atoms. The molecule has 3 aromatic carbocycles. The molecule has 0 radical (unpaired) electrons. The maximum absolute atomic E-state index is 11.8. The summed E-state index contributed by atoms with van der Waals surface area (Å²) in [6, 6.07) is 24.9. The van der Waals surface area contributed by atoms with Crippen LogP contribution >= 0.6 is 11.6 Å². The molecule has 1 unspecified atom stereocenters. The van der Waals surface area contributed by atoms with Crippen LogP contribution in [0, 0.1) is 23.2 Å². The van der Waals surface area contributed by atoms with Crippen LogP contribution in [-0.2, 0) is 16.0 Å². The fourth-order valence-corrected chi connectivity index (χ4v) is 5.71. The summed E-state index contributed by atoms with van der Waals surface area (Å²) < 4.78 is 5.01. The summed E-state index contributed by atoms with van der Waals surface area (Å²) in [5, 5.41) is 10.5. The van der Waals surface area contributed by atoms with Crippen LogP contribution in [0.5, 0.6) is 0 Å². The largest absolute Gasteiger partial charge is 0.463 e. The predicted molar refractivity (Wildman–Crippen MR) is 155 cm³/mol. The van der Waals surface area contributed by atoms with Crippen molar-refractivity contribution in [2.24, 2.45) is 11.8 Å². The Labute approximate surface area is 229 Å². The number of halogens is 1. The number of carbonyl (C=O) groups excluding carboxylic acids is 1. The highest BCUT2D eigenvalue weighted by molar-refractivity contribution is 6.30. The van der Waals surface area contributed by atoms with Gasteiger partial charge in [0.25, 0.3) is 0 Å². The number of benzene rings is 3. The quantitative estimate of drug-likeness (QED) is 0.179. The van der Waals surface area contributed by atoms with E-state index in [1.54, 1.807) is 19.1 Å². The number of allylic oxidation sites excluding steroid dienone is 3. The van der Waals surface area contributed by atoms with Crippen LogP contribution in [0.4, 0.5) is 0 Å². The molecule has 0 aliphatic heterocycles. The summed E-state index contributed by atoms with van der Waals surface area (Å²) >= 11 is 6.27. The minimum atomic E-state index is -0.348. The summed E-state index contributed by atoms with van der Waals surface area (Å²) in [6.45, 7) is 4.30. The minimum absolute atomic E-state index is 0.348. The summed E-state index contributed by atoms with van der Waals surface area (Å²) in [6.07, 6.45) is 8.64. The zero-order valence-corrected chi connectivity index (χ0v) is 22.5. The maximum atomic E-state index is 11.8. The molecule has 1 fully saturated rings. The average Bonchev–Trinajstić information content (AvgIpc) is 3.71. The summed E-state index contributed by atoms with van der Waals surface area (Å²) in [4.78, 5) is 11.8. The SMILES string of the molecule is CCOC(=O)/C=C/c1ccc(/C(C2=Cc3ccccc3C[C@H]3CC23)=C(/CC)c2ccc(Cl)cc2C#N)cc1. The van der Waals surface area contributed by atoms with Crippen LogP contribution < -0.4 is 0 Å². The van der Waals surface area contributed by atoms with Gasteiger partial charge in [-0.3, -0.25) is 0 Å². The summed E-state index contributed by atoms with van der Waals surface area (Å²) in [5.74, 6) is 0.768. The molecule has 0 heterocycles. The van der Waals surface area contributed by atoms with E-state index in [9.17, 15) is 10.1 Å². The van der Waals surface area contributed by atoms with E-state index in [2.05, 4.69) is 55.5 Å². The smallest absolute Gasteiger partial charge is 0.330 e. The van der Waals surface area contributed by atoms with Gasteiger partial charge < -0.3 is 4.74 Å². The predicted octanol–water partition coefficient (Wildman–Crippen LogP) is 8.38. The van der Waals surface area contributed by atoms with E-state index in [1.807, 2.05) is 24.3 Å². The molecule has 2 aliphatic rings. The van der Waals surface area contributed by atoms with Gasteiger partial charge in [0, 0.05) is 11.1 Å². The number of rotatable bonds is 7. The number of nitriles is 1. The normalized spacial score (nSPS) is 18.4. The Morgan fingerprint density at radius 2 is 1.89 bits per heavy atom. The maximum Gasteiger partial charge on any atom is 0.330 e. The van der Waals surface area contributed by atoms with Crippen molar-refractivity contribution in [3.63, 3.8) is 0 Å². The zero-order chi connectivity index (χ0) is 26.6. The lowest BCUT2D eigenvalue weighted by Gasteiger charge is -2.20. The molecule has 5 rings (SSSR count). The van der Waals surface area contributed by atoms with Gasteiger partial charge in [-0.1, -0.05) is 79.2 Å². The van der Waals surface area contributed by atoms with E-state index in [0.29, 0.717) is 29.0 Å². The Bertz CT molecular complexity index is 1500. The first-order valence-electron chi connectivity index (χ1n) is 13.2. The second kappa shape index (κ2) is 11.3. The average molecular weight is 520 g/mol. The molecule has 0 spiro atoms. The van der Waals surface area contributed by atoms with Gasteiger partial charge >= 0.3 is 5.97 Å². The Morgan fingerprint density at radius 3 is 2.63 bits per heavy atom. The number of hydrogen-bond acceptors (Lipinski definition) is 3. The first-order valence-corrected chi connectivity index (χ1v) is 13.6. The Hall–Kier alpha value is -3.87. The monoisotopic (exact) mass is 519 g/mol. The lowest BCUT2D eigenvalue weighted by molar-refractivity contribution is -0.137. The fourth-order valence-electron chi connectivity index (χ4n) is 5.53. The highest BCUT2D eigenvalue weighted by Crippen LogP contribution is 2.54. The number of nitrogens with zero attached hydrogens (tertiary/aromatic N) is 1. The molecule has 3 aromatic rings. The van der Waals surface area contributed by atoms with Gasteiger partial charge in [-0.05, 0) is 101 Å². The first-order chi connectivity index (χ1) is 18.5. The van der Waals surface area contributed by atoms with Gasteiger partial charge in [-0.25, -0.2) is 4.79 Å². The second-order valence-electron chi connectivity index (χ2n) is 9.82. The van der Waals surface area contributed by atoms with Crippen molar-refractivity contribution in [1.82, 2.24) is 0 Å². The van der Waals surface area contributed by atoms with E-state index in [4.69, 9.17) is 16.3 Å². The Balaban J connectivity index is 1.68. The lowest BCUT2D eigenvalue weighted by atomic mass is 9.83. The van der Waals surface area contributed by atoms with Crippen molar-refractivity contribution < 1.29 is 9.53 Å². The van der Waals surface area contributed by atoms with E-state index < -0.39 is 0 Å². The molecule has 3 nitrogen and oxygen atoms in total. The first kappa shape index (κ1) is 25.8. The molecule has 2 atom stereocenters. The molecule has 0 amide bonds. The second-order valence-corrected chi connectivity index (χ2v) is 10.3. The van der Waals surface area contributed by atoms with E-state index in [-0.39, 0.29) is 5.97 Å². The number of ether oxygens (including phenoxy) is 1. The molecule has 0 aromatic heterocycles. The zero-order valence-electron chi connectivity index (χ0n) is 21.7. The molecular weight excluding hydrogens is 490 g/mol. The third-order valence-corrected chi connectivity index (χ3v) is 7.67. The highest BCUT2D eigenvalue weighted by atomic mass is 35.5. The van der Waals surface area contributed by atoms with Crippen molar-refractivity contribution >= 4 is 40.9 Å². The van der Waals surface area contributed by atoms with E-state index in [0.717, 1.165) is 35.1 Å². The molecule has 2 aliphatic carbocycles. The van der Waals surface area contributed by atoms with Crippen molar-refractivity contribution in [3.05, 3.63) is 117 Å². The van der Waals surface area contributed by atoms with Crippen molar-refractivity contribution in [2.45, 2.75) is 33.1 Å². The third kappa shape index (κ3) is 5.37. The number of hydrogen-bond donors (Lipinski definition) is 0. The summed E-state index contributed by atoms with van der Waals surface area (Å²) in [7, 11) is 0. The molecular formula is C34H30ClNO2. The standard InChI is InChI=1S/C34H30ClNO2/c1-3-29(30-15-14-28(35)18-27(30)21-36)34(23-12-9-22(10-13-23)11-16-33(37)38-4-2)32-19-25-8-6-5-7-24(25)17-26-20-31(26)32/h5-16,18-19,26,31H,3-4,17,20H2,1-2H3/b16-11+,34-29+/t26-,31?/m0/s1. The van der Waals surface area contributed by atoms with Crippen molar-refractivity contribution in [3.8, 4) is 6.07 Å². The van der Waals surface area contributed by atoms with Crippen LogP contribution in [-0.4, -0.2) is 12.6 Å². The van der Waals surface area contributed by atoms with Gasteiger partial charge in [0.1, 0.15) is 0 Å². The summed E-state index contributed by atoms with van der Waals surface area (Å²) in [5.41, 5.74) is 9.88. The minimum Gasteiger partial charge on any atom is -0.463 e. The van der Waals surface area contributed by atoms with Gasteiger partial charge in [0.15, 0.2) is 0 Å². The third-order valence-electron chi connectivity index (χ3n) is 7.44. The van der Waals surface area contributed by atoms with Crippen LogP contribution in [0.15, 0.2) is 78.4 Å². The molecule has 0 saturated heterocycles. The number of carbonyl (C=O) groups is 1. The Morgan fingerprint density at radius 1 is 1.11 bits per heavy atom. The molecule has 0 N–H and O–H groups in total. The van der Waals surface area contributed by atoms with Crippen LogP contribution in [0.1, 0.15) is 60.1 Å². The lowest BCUT2D eigenvalue weighted by Crippen LogP contribution is -2.01. The van der Waals surface area contributed by atoms with Crippen molar-refractivity contribution in [2.75, 3.05) is 6.61 Å². The van der Waals surface area contributed by atoms with Crippen LogP contribution in [0.25, 0.3) is 23.3 Å². The fraction of sp³-hybridized carbons (Fsp3) is 0.235. The van der Waals surface area contributed by atoms with Crippen LogP contribution in [0.3, 0.4) is 0 Å². The van der Waals surface area contributed by atoms with Crippen LogP contribution in [0.2, 0.25) is 5.02 Å². The van der Waals surface area contributed by atoms with E-state index >= 15 is 0 Å². The topological polar surface area (TPSA) is 50.1 Å². The van der Waals surface area contributed by atoms with Crippen molar-refractivity contribution in [1.29, 1.82) is 5.26 Å². The molecule has 1 saturated carbocycles. The van der Waals surface area contributed by atoms with Gasteiger partial charge in [0.2, 0.25) is 0 Å². The Kier molecular flexibility index (Phi) is 7.63.